The van der Waals surface area contributed by atoms with Crippen LogP contribution in [-0.4, -0.2) is 32.0 Å². The van der Waals surface area contributed by atoms with Crippen LogP contribution < -0.4 is 16.0 Å². The largest absolute Gasteiger partial charge is 0.358 e. The van der Waals surface area contributed by atoms with Crippen LogP contribution in [0.3, 0.4) is 0 Å². The molecule has 116 valence electrons. The van der Waals surface area contributed by atoms with E-state index in [-0.39, 0.29) is 24.4 Å². The van der Waals surface area contributed by atoms with E-state index in [0.717, 1.165) is 0 Å². The number of likely N-dealkylation sites (N-methyl/N-ethyl adjacent to an activating group) is 1. The van der Waals surface area contributed by atoms with Crippen LogP contribution in [0.1, 0.15) is 18.5 Å². The number of benzene rings is 2. The van der Waals surface area contributed by atoms with Crippen molar-refractivity contribution in [1.82, 2.24) is 10.6 Å². The highest BCUT2D eigenvalue weighted by Gasteiger charge is 2.14. The third kappa shape index (κ3) is 4.05. The monoisotopic (exact) mass is 300 g/mol. The lowest BCUT2D eigenvalue weighted by Gasteiger charge is -2.13. The highest BCUT2D eigenvalue weighted by Crippen LogP contribution is 2.21. The van der Waals surface area contributed by atoms with Crippen molar-refractivity contribution in [3.63, 3.8) is 0 Å². The molecule has 0 aromatic heterocycles. The van der Waals surface area contributed by atoms with Gasteiger partial charge in [-0.25, -0.2) is 0 Å². The fraction of sp³-hybridized carbons (Fsp3) is 0.294. The number of carbonyl (C=O) groups excluding carboxylic acids is 2. The maximum absolute atomic E-state index is 11.7. The zero-order chi connectivity index (χ0) is 15.9. The van der Waals surface area contributed by atoms with Crippen LogP contribution in [0.5, 0.6) is 0 Å². The van der Waals surface area contributed by atoms with E-state index in [1.165, 1.54) is 16.3 Å². The number of nitrogens with two attached hydrogens (primary N) is 1. The van der Waals surface area contributed by atoms with Gasteiger partial charge in [-0.2, -0.15) is 0 Å². The van der Waals surface area contributed by atoms with Gasteiger partial charge in [0.15, 0.2) is 6.54 Å². The molecule has 5 heteroatoms. The summed E-state index contributed by atoms with van der Waals surface area (Å²) in [5.74, 6) is -0.342. The Kier molecular flexibility index (Phi) is 5.49. The molecule has 0 aliphatic carbocycles. The van der Waals surface area contributed by atoms with E-state index in [9.17, 15) is 9.59 Å². The Morgan fingerprint density at radius 2 is 1.82 bits per heavy atom. The molecule has 0 saturated heterocycles. The molecular weight excluding hydrogens is 278 g/mol. The number of rotatable bonds is 6. The maximum atomic E-state index is 11.7. The Hall–Kier alpha value is -2.40. The molecule has 2 amide bonds. The SMILES string of the molecule is CNC(=O)CNC(=O)C[NH2+][C@@H](C)c1cccc2ccccc12. The lowest BCUT2D eigenvalue weighted by molar-refractivity contribution is -0.682. The smallest absolute Gasteiger partial charge is 0.275 e. The Labute approximate surface area is 130 Å². The van der Waals surface area contributed by atoms with Crippen LogP contribution in [0.25, 0.3) is 10.8 Å². The molecule has 22 heavy (non-hydrogen) atoms. The van der Waals surface area contributed by atoms with E-state index in [1.807, 2.05) is 23.5 Å². The molecule has 0 radical (unpaired) electrons. The summed E-state index contributed by atoms with van der Waals surface area (Å²) in [5, 5.41) is 9.44. The van der Waals surface area contributed by atoms with Gasteiger partial charge in [-0.05, 0) is 17.7 Å². The molecule has 0 fully saturated rings. The standard InChI is InChI=1S/C17H21N3O2/c1-12(19-11-17(22)20-10-16(21)18-2)14-9-5-7-13-6-3-4-8-15(13)14/h3-9,12,19H,10-11H2,1-2H3,(H,18,21)(H,20,22)/p+1/t12-/m0/s1. The minimum absolute atomic E-state index is 0.0197. The number of carbonyl (C=O) groups is 2. The number of quaternary nitrogens is 1. The van der Waals surface area contributed by atoms with Gasteiger partial charge in [0.1, 0.15) is 6.04 Å². The second-order valence-electron chi connectivity index (χ2n) is 5.25. The summed E-state index contributed by atoms with van der Waals surface area (Å²) in [5.41, 5.74) is 1.21. The van der Waals surface area contributed by atoms with Crippen LogP contribution in [0, 0.1) is 0 Å². The van der Waals surface area contributed by atoms with Crippen LogP contribution in [0.15, 0.2) is 42.5 Å². The topological polar surface area (TPSA) is 74.8 Å². The van der Waals surface area contributed by atoms with Gasteiger partial charge in [-0.1, -0.05) is 42.5 Å². The third-order valence-electron chi connectivity index (χ3n) is 3.70. The second kappa shape index (κ2) is 7.56. The Bertz CT molecular complexity index is 665. The zero-order valence-electron chi connectivity index (χ0n) is 12.9. The van der Waals surface area contributed by atoms with Crippen LogP contribution >= 0.6 is 0 Å². The van der Waals surface area contributed by atoms with Crippen molar-refractivity contribution in [1.29, 1.82) is 0 Å². The number of fused-ring (bicyclic) bond motifs is 1. The van der Waals surface area contributed by atoms with Gasteiger partial charge in [-0.15, -0.1) is 0 Å². The molecule has 5 nitrogen and oxygen atoms in total. The van der Waals surface area contributed by atoms with E-state index in [0.29, 0.717) is 6.54 Å². The van der Waals surface area contributed by atoms with E-state index in [4.69, 9.17) is 0 Å². The first-order chi connectivity index (χ1) is 10.6. The Morgan fingerprint density at radius 3 is 2.59 bits per heavy atom. The lowest BCUT2D eigenvalue weighted by atomic mass is 10.00. The summed E-state index contributed by atoms with van der Waals surface area (Å²) in [4.78, 5) is 22.8. The molecule has 0 spiro atoms. The van der Waals surface area contributed by atoms with Gasteiger partial charge in [-0.3, -0.25) is 9.59 Å². The molecule has 1 atom stereocenters. The first kappa shape index (κ1) is 16.0. The predicted octanol–water partition coefficient (Wildman–Crippen LogP) is 0.326. The molecule has 0 heterocycles. The van der Waals surface area contributed by atoms with Crippen LogP contribution in [0.2, 0.25) is 0 Å². The van der Waals surface area contributed by atoms with E-state index >= 15 is 0 Å². The third-order valence-corrected chi connectivity index (χ3v) is 3.70. The minimum atomic E-state index is -0.199. The summed E-state index contributed by atoms with van der Waals surface area (Å²) in [6.07, 6.45) is 0. The van der Waals surface area contributed by atoms with Crippen molar-refractivity contribution in [2.24, 2.45) is 0 Å². The fourth-order valence-electron chi connectivity index (χ4n) is 2.40. The van der Waals surface area contributed by atoms with Crippen molar-refractivity contribution in [2.75, 3.05) is 20.1 Å². The molecule has 0 aliphatic rings. The van der Waals surface area contributed by atoms with Crippen LogP contribution in [-0.2, 0) is 9.59 Å². The van der Waals surface area contributed by atoms with Gasteiger partial charge in [0.2, 0.25) is 5.91 Å². The molecular formula is C17H22N3O2+. The number of nitrogens with one attached hydrogen (secondary N) is 2. The Morgan fingerprint density at radius 1 is 1.09 bits per heavy atom. The lowest BCUT2D eigenvalue weighted by Crippen LogP contribution is -2.87. The van der Waals surface area contributed by atoms with Gasteiger partial charge < -0.3 is 16.0 Å². The average Bonchev–Trinajstić information content (AvgIpc) is 2.56. The van der Waals surface area contributed by atoms with Gasteiger partial charge in [0, 0.05) is 12.6 Å². The van der Waals surface area contributed by atoms with E-state index in [2.05, 4.69) is 41.8 Å². The van der Waals surface area contributed by atoms with Crippen LogP contribution in [0.4, 0.5) is 0 Å². The molecule has 0 unspecified atom stereocenters. The number of hydrogen-bond donors (Lipinski definition) is 3. The quantitative estimate of drug-likeness (QED) is 0.719. The molecule has 2 aromatic carbocycles. The average molecular weight is 300 g/mol. The zero-order valence-corrected chi connectivity index (χ0v) is 12.9. The van der Waals surface area contributed by atoms with Gasteiger partial charge in [0.05, 0.1) is 6.54 Å². The molecule has 0 aliphatic heterocycles. The minimum Gasteiger partial charge on any atom is -0.358 e. The fourth-order valence-corrected chi connectivity index (χ4v) is 2.40. The first-order valence-electron chi connectivity index (χ1n) is 7.40. The number of amides is 2. The summed E-state index contributed by atoms with van der Waals surface area (Å²) in [6.45, 7) is 2.39. The number of hydrogen-bond acceptors (Lipinski definition) is 2. The molecule has 2 aromatic rings. The van der Waals surface area contributed by atoms with E-state index < -0.39 is 0 Å². The molecule has 4 N–H and O–H groups in total. The Balaban J connectivity index is 1.95. The summed E-state index contributed by atoms with van der Waals surface area (Å²) >= 11 is 0. The maximum Gasteiger partial charge on any atom is 0.275 e. The second-order valence-corrected chi connectivity index (χ2v) is 5.25. The van der Waals surface area contributed by atoms with Crippen molar-refractivity contribution < 1.29 is 14.9 Å². The summed E-state index contributed by atoms with van der Waals surface area (Å²) in [7, 11) is 1.54. The molecule has 0 saturated carbocycles. The van der Waals surface area contributed by atoms with Crippen molar-refractivity contribution in [3.8, 4) is 0 Å². The summed E-state index contributed by atoms with van der Waals surface area (Å²) < 4.78 is 0. The van der Waals surface area contributed by atoms with E-state index in [1.54, 1.807) is 7.05 Å². The first-order valence-corrected chi connectivity index (χ1v) is 7.40. The highest BCUT2D eigenvalue weighted by molar-refractivity contribution is 5.86. The van der Waals surface area contributed by atoms with Gasteiger partial charge >= 0.3 is 0 Å². The van der Waals surface area contributed by atoms with Crippen molar-refractivity contribution in [2.45, 2.75) is 13.0 Å². The predicted molar refractivity (Wildman–Crippen MR) is 86.2 cm³/mol. The van der Waals surface area contributed by atoms with Crippen molar-refractivity contribution >= 4 is 22.6 Å². The molecule has 2 rings (SSSR count). The van der Waals surface area contributed by atoms with Gasteiger partial charge in [0.25, 0.3) is 5.91 Å². The van der Waals surface area contributed by atoms with Crippen molar-refractivity contribution in [3.05, 3.63) is 48.0 Å². The summed E-state index contributed by atoms with van der Waals surface area (Å²) in [6, 6.07) is 14.6. The normalized spacial score (nSPS) is 11.9. The highest BCUT2D eigenvalue weighted by atomic mass is 16.2. The molecule has 0 bridgehead atoms.